The number of aliphatic hydroxyl groups is 1. The van der Waals surface area contributed by atoms with Crippen LogP contribution in [-0.4, -0.2) is 56.0 Å². The highest BCUT2D eigenvalue weighted by Gasteiger charge is 2.36. The standard InChI is InChI=1S/C18H34N2O3/c1-23-12-6-10-18(15-21)9-5-11-20(14-18)17(22)19-13-16-7-3-2-4-8-16/h16,21H,2-15H2,1H3,(H,19,22)/t18-/m0/s1. The summed E-state index contributed by atoms with van der Waals surface area (Å²) in [6.45, 7) is 3.16. The number of nitrogens with zero attached hydrogens (tertiary/aromatic N) is 1. The van der Waals surface area contributed by atoms with Crippen LogP contribution in [0.5, 0.6) is 0 Å². The Labute approximate surface area is 140 Å². The number of carbonyl (C=O) groups excluding carboxylic acids is 1. The molecule has 1 atom stereocenters. The zero-order valence-corrected chi connectivity index (χ0v) is 14.7. The van der Waals surface area contributed by atoms with Crippen LogP contribution in [0.2, 0.25) is 0 Å². The number of carbonyl (C=O) groups is 1. The molecule has 0 unspecified atom stereocenters. The predicted molar refractivity (Wildman–Crippen MR) is 91.4 cm³/mol. The van der Waals surface area contributed by atoms with Crippen LogP contribution in [0.3, 0.4) is 0 Å². The monoisotopic (exact) mass is 326 g/mol. The minimum atomic E-state index is -0.140. The van der Waals surface area contributed by atoms with E-state index in [-0.39, 0.29) is 18.1 Å². The Hall–Kier alpha value is -0.810. The van der Waals surface area contributed by atoms with E-state index in [2.05, 4.69) is 5.32 Å². The van der Waals surface area contributed by atoms with Gasteiger partial charge in [0.05, 0.1) is 6.61 Å². The predicted octanol–water partition coefficient (Wildman–Crippen LogP) is 2.78. The summed E-state index contributed by atoms with van der Waals surface area (Å²) in [5.41, 5.74) is -0.140. The van der Waals surface area contributed by atoms with E-state index in [0.29, 0.717) is 12.5 Å². The molecule has 0 spiro atoms. The first-order chi connectivity index (χ1) is 11.2. The van der Waals surface area contributed by atoms with Gasteiger partial charge in [-0.25, -0.2) is 4.79 Å². The summed E-state index contributed by atoms with van der Waals surface area (Å²) in [6.07, 6.45) is 10.3. The van der Waals surface area contributed by atoms with E-state index in [1.54, 1.807) is 7.11 Å². The second-order valence-electron chi connectivity index (χ2n) is 7.47. The average Bonchev–Trinajstić information content (AvgIpc) is 2.61. The largest absolute Gasteiger partial charge is 0.396 e. The first-order valence-corrected chi connectivity index (χ1v) is 9.32. The van der Waals surface area contributed by atoms with Gasteiger partial charge in [0.1, 0.15) is 0 Å². The van der Waals surface area contributed by atoms with E-state index in [4.69, 9.17) is 4.74 Å². The second kappa shape index (κ2) is 9.48. The number of piperidine rings is 1. The van der Waals surface area contributed by atoms with Crippen molar-refractivity contribution in [3.63, 3.8) is 0 Å². The molecule has 1 saturated heterocycles. The number of amides is 2. The van der Waals surface area contributed by atoms with E-state index in [1.165, 1.54) is 32.1 Å². The molecular formula is C18H34N2O3. The summed E-state index contributed by atoms with van der Waals surface area (Å²) in [4.78, 5) is 14.4. The maximum atomic E-state index is 12.5. The lowest BCUT2D eigenvalue weighted by atomic mass is 9.77. The van der Waals surface area contributed by atoms with Gasteiger partial charge >= 0.3 is 6.03 Å². The van der Waals surface area contributed by atoms with Crippen LogP contribution in [0, 0.1) is 11.3 Å². The van der Waals surface area contributed by atoms with Gasteiger partial charge in [0.15, 0.2) is 0 Å². The van der Waals surface area contributed by atoms with E-state index in [0.717, 1.165) is 45.4 Å². The molecule has 0 aromatic heterocycles. The van der Waals surface area contributed by atoms with Crippen molar-refractivity contribution in [2.75, 3.05) is 40.0 Å². The maximum absolute atomic E-state index is 12.5. The summed E-state index contributed by atoms with van der Waals surface area (Å²) in [7, 11) is 1.71. The van der Waals surface area contributed by atoms with Crippen molar-refractivity contribution in [3.05, 3.63) is 0 Å². The quantitative estimate of drug-likeness (QED) is 0.707. The van der Waals surface area contributed by atoms with E-state index < -0.39 is 0 Å². The van der Waals surface area contributed by atoms with Gasteiger partial charge < -0.3 is 20.1 Å². The molecule has 1 aliphatic carbocycles. The molecule has 0 aromatic carbocycles. The van der Waals surface area contributed by atoms with Crippen molar-refractivity contribution in [1.29, 1.82) is 0 Å². The highest BCUT2D eigenvalue weighted by Crippen LogP contribution is 2.34. The van der Waals surface area contributed by atoms with Gasteiger partial charge in [0, 0.05) is 38.8 Å². The fraction of sp³-hybridized carbons (Fsp3) is 0.944. The first-order valence-electron chi connectivity index (χ1n) is 9.32. The third kappa shape index (κ3) is 5.64. The molecule has 5 heteroatoms. The summed E-state index contributed by atoms with van der Waals surface area (Å²) >= 11 is 0. The average molecular weight is 326 g/mol. The Morgan fingerprint density at radius 1 is 1.30 bits per heavy atom. The lowest BCUT2D eigenvalue weighted by Crippen LogP contribution is -2.51. The molecule has 23 heavy (non-hydrogen) atoms. The third-order valence-electron chi connectivity index (χ3n) is 5.61. The molecule has 1 saturated carbocycles. The van der Waals surface area contributed by atoms with Crippen LogP contribution >= 0.6 is 0 Å². The topological polar surface area (TPSA) is 61.8 Å². The zero-order chi connectivity index (χ0) is 16.5. The van der Waals surface area contributed by atoms with Gasteiger partial charge in [-0.2, -0.15) is 0 Å². The van der Waals surface area contributed by atoms with Crippen molar-refractivity contribution in [2.45, 2.75) is 57.8 Å². The fourth-order valence-electron chi connectivity index (χ4n) is 4.12. The van der Waals surface area contributed by atoms with Crippen LogP contribution in [0.4, 0.5) is 4.79 Å². The Kier molecular flexibility index (Phi) is 7.63. The molecule has 0 bridgehead atoms. The molecule has 5 nitrogen and oxygen atoms in total. The molecule has 2 aliphatic rings. The minimum absolute atomic E-state index is 0.0554. The molecule has 0 aromatic rings. The Bertz CT molecular complexity index is 358. The molecule has 2 rings (SSSR count). The van der Waals surface area contributed by atoms with Crippen LogP contribution in [0.15, 0.2) is 0 Å². The minimum Gasteiger partial charge on any atom is -0.396 e. The molecule has 1 heterocycles. The lowest BCUT2D eigenvalue weighted by Gasteiger charge is -2.42. The van der Waals surface area contributed by atoms with Gasteiger partial charge in [-0.15, -0.1) is 0 Å². The van der Waals surface area contributed by atoms with Crippen molar-refractivity contribution in [2.24, 2.45) is 11.3 Å². The van der Waals surface area contributed by atoms with Gasteiger partial charge in [0.25, 0.3) is 0 Å². The summed E-state index contributed by atoms with van der Waals surface area (Å²) in [6, 6.07) is 0.0554. The molecule has 0 radical (unpaired) electrons. The van der Waals surface area contributed by atoms with Crippen LogP contribution in [0.25, 0.3) is 0 Å². The van der Waals surface area contributed by atoms with E-state index in [1.807, 2.05) is 4.90 Å². The van der Waals surface area contributed by atoms with Gasteiger partial charge in [-0.3, -0.25) is 0 Å². The highest BCUT2D eigenvalue weighted by molar-refractivity contribution is 5.74. The Morgan fingerprint density at radius 3 is 2.78 bits per heavy atom. The number of aliphatic hydroxyl groups excluding tert-OH is 1. The normalized spacial score (nSPS) is 26.3. The number of urea groups is 1. The van der Waals surface area contributed by atoms with E-state index in [9.17, 15) is 9.90 Å². The van der Waals surface area contributed by atoms with Crippen molar-refractivity contribution in [1.82, 2.24) is 10.2 Å². The molecule has 1 aliphatic heterocycles. The number of hydrogen-bond donors (Lipinski definition) is 2. The smallest absolute Gasteiger partial charge is 0.317 e. The summed E-state index contributed by atoms with van der Waals surface area (Å²) in [5, 5.41) is 13.0. The number of nitrogens with one attached hydrogen (secondary N) is 1. The van der Waals surface area contributed by atoms with Crippen molar-refractivity contribution >= 4 is 6.03 Å². The van der Waals surface area contributed by atoms with E-state index >= 15 is 0 Å². The number of hydrogen-bond acceptors (Lipinski definition) is 3. The molecule has 2 N–H and O–H groups in total. The third-order valence-corrected chi connectivity index (χ3v) is 5.61. The van der Waals surface area contributed by atoms with Gasteiger partial charge in [-0.05, 0) is 44.4 Å². The Morgan fingerprint density at radius 2 is 2.09 bits per heavy atom. The van der Waals surface area contributed by atoms with Crippen LogP contribution in [-0.2, 0) is 4.74 Å². The molecule has 134 valence electrons. The van der Waals surface area contributed by atoms with Crippen molar-refractivity contribution in [3.8, 4) is 0 Å². The van der Waals surface area contributed by atoms with Crippen LogP contribution < -0.4 is 5.32 Å². The molecular weight excluding hydrogens is 292 g/mol. The Balaban J connectivity index is 1.79. The number of methoxy groups -OCH3 is 1. The summed E-state index contributed by atoms with van der Waals surface area (Å²) < 4.78 is 5.13. The van der Waals surface area contributed by atoms with Crippen LogP contribution in [0.1, 0.15) is 57.8 Å². The molecule has 2 fully saturated rings. The maximum Gasteiger partial charge on any atom is 0.317 e. The van der Waals surface area contributed by atoms with Gasteiger partial charge in [-0.1, -0.05) is 19.3 Å². The second-order valence-corrected chi connectivity index (χ2v) is 7.47. The van der Waals surface area contributed by atoms with Gasteiger partial charge in [0.2, 0.25) is 0 Å². The van der Waals surface area contributed by atoms with Crippen molar-refractivity contribution < 1.29 is 14.6 Å². The highest BCUT2D eigenvalue weighted by atomic mass is 16.5. The first kappa shape index (κ1) is 18.5. The fourth-order valence-corrected chi connectivity index (χ4v) is 4.12. The number of likely N-dealkylation sites (tertiary alicyclic amines) is 1. The molecule has 2 amide bonds. The zero-order valence-electron chi connectivity index (χ0n) is 14.7. The number of ether oxygens (including phenoxy) is 1. The summed E-state index contributed by atoms with van der Waals surface area (Å²) in [5.74, 6) is 0.654. The lowest BCUT2D eigenvalue weighted by molar-refractivity contribution is 0.0326. The number of rotatable bonds is 7. The SMILES string of the molecule is COCCC[C@@]1(CO)CCCN(C(=O)NCC2CCCCC2)C1.